The lowest BCUT2D eigenvalue weighted by Crippen LogP contribution is -2.28. The van der Waals surface area contributed by atoms with Crippen molar-refractivity contribution in [3.8, 4) is 0 Å². The lowest BCUT2D eigenvalue weighted by molar-refractivity contribution is 0.319. The molecule has 3 heterocycles. The van der Waals surface area contributed by atoms with Gasteiger partial charge in [-0.1, -0.05) is 11.6 Å². The molecule has 0 saturated carbocycles. The first-order chi connectivity index (χ1) is 9.61. The van der Waals surface area contributed by atoms with Crippen LogP contribution in [0.1, 0.15) is 17.3 Å². The van der Waals surface area contributed by atoms with E-state index in [9.17, 15) is 0 Å². The first-order valence-electron chi connectivity index (χ1n) is 6.68. The highest BCUT2D eigenvalue weighted by Crippen LogP contribution is 2.26. The molecule has 0 bridgehead atoms. The summed E-state index contributed by atoms with van der Waals surface area (Å²) in [5.41, 5.74) is 8.35. The molecule has 2 atom stereocenters. The molecule has 2 N–H and O–H groups in total. The van der Waals surface area contributed by atoms with Crippen molar-refractivity contribution in [3.63, 3.8) is 0 Å². The molecule has 5 nitrogen and oxygen atoms in total. The number of hydrogen-bond acceptors (Lipinski definition) is 4. The van der Waals surface area contributed by atoms with Crippen molar-refractivity contribution in [3.05, 3.63) is 47.3 Å². The summed E-state index contributed by atoms with van der Waals surface area (Å²) in [7, 11) is 1.98. The van der Waals surface area contributed by atoms with Gasteiger partial charge in [-0.15, -0.1) is 0 Å². The molecule has 1 aliphatic heterocycles. The largest absolute Gasteiger partial charge is 0.340 e. The van der Waals surface area contributed by atoms with Crippen molar-refractivity contribution in [2.45, 2.75) is 18.5 Å². The maximum absolute atomic E-state index is 6.26. The summed E-state index contributed by atoms with van der Waals surface area (Å²) < 4.78 is 1.96. The summed E-state index contributed by atoms with van der Waals surface area (Å²) in [4.78, 5) is 11.1. The quantitative estimate of drug-likeness (QED) is 0.928. The smallest absolute Gasteiger partial charge is 0.0946 e. The van der Waals surface area contributed by atoms with Gasteiger partial charge in [0.25, 0.3) is 0 Å². The number of imidazole rings is 1. The Morgan fingerprint density at radius 3 is 2.85 bits per heavy atom. The van der Waals surface area contributed by atoms with Gasteiger partial charge in [0.15, 0.2) is 0 Å². The number of nitrogens with zero attached hydrogens (tertiary/aromatic N) is 4. The van der Waals surface area contributed by atoms with Crippen molar-refractivity contribution in [1.82, 2.24) is 19.4 Å². The van der Waals surface area contributed by atoms with Crippen molar-refractivity contribution < 1.29 is 0 Å². The molecule has 0 radical (unpaired) electrons. The van der Waals surface area contributed by atoms with Gasteiger partial charge in [0.1, 0.15) is 0 Å². The number of aromatic nitrogens is 3. The molecule has 106 valence electrons. The summed E-state index contributed by atoms with van der Waals surface area (Å²) in [6, 6.07) is 3.95. The van der Waals surface area contributed by atoms with Crippen LogP contribution < -0.4 is 5.73 Å². The van der Waals surface area contributed by atoms with Crippen LogP contribution in [0.25, 0.3) is 0 Å². The van der Waals surface area contributed by atoms with E-state index in [1.54, 1.807) is 6.20 Å². The van der Waals surface area contributed by atoms with Crippen molar-refractivity contribution >= 4 is 11.6 Å². The van der Waals surface area contributed by atoms with Crippen LogP contribution >= 0.6 is 11.6 Å². The second-order valence-corrected chi connectivity index (χ2v) is 5.83. The third kappa shape index (κ3) is 2.85. The monoisotopic (exact) mass is 291 g/mol. The second-order valence-electron chi connectivity index (χ2n) is 5.40. The minimum atomic E-state index is 0.122. The summed E-state index contributed by atoms with van der Waals surface area (Å²) in [5.74, 6) is 0.295. The van der Waals surface area contributed by atoms with E-state index in [0.717, 1.165) is 31.0 Å². The van der Waals surface area contributed by atoms with E-state index >= 15 is 0 Å². The Balaban J connectivity index is 1.67. The highest BCUT2D eigenvalue weighted by Gasteiger charge is 2.32. The van der Waals surface area contributed by atoms with Gasteiger partial charge >= 0.3 is 0 Å². The molecular weight excluding hydrogens is 274 g/mol. The highest BCUT2D eigenvalue weighted by atomic mass is 35.5. The fraction of sp³-hybridized carbons (Fsp3) is 0.429. The molecule has 0 spiro atoms. The fourth-order valence-electron chi connectivity index (χ4n) is 2.71. The number of pyridine rings is 1. The van der Waals surface area contributed by atoms with Gasteiger partial charge < -0.3 is 10.3 Å². The molecule has 2 aromatic heterocycles. The van der Waals surface area contributed by atoms with Gasteiger partial charge in [0, 0.05) is 51.0 Å². The number of aryl methyl sites for hydroxylation is 1. The van der Waals surface area contributed by atoms with Gasteiger partial charge in [-0.2, -0.15) is 0 Å². The van der Waals surface area contributed by atoms with Crippen LogP contribution in [0.5, 0.6) is 0 Å². The van der Waals surface area contributed by atoms with Gasteiger partial charge in [-0.3, -0.25) is 9.88 Å². The third-order valence-electron chi connectivity index (χ3n) is 3.72. The predicted octanol–water partition coefficient (Wildman–Crippen LogP) is 1.40. The fourth-order valence-corrected chi connectivity index (χ4v) is 2.82. The first-order valence-corrected chi connectivity index (χ1v) is 7.06. The molecule has 1 aliphatic rings. The lowest BCUT2D eigenvalue weighted by atomic mass is 10.0. The zero-order valence-corrected chi connectivity index (χ0v) is 12.2. The molecule has 1 fully saturated rings. The first kappa shape index (κ1) is 13.5. The molecule has 3 rings (SSSR count). The average Bonchev–Trinajstić information content (AvgIpc) is 2.98. The number of rotatable bonds is 3. The summed E-state index contributed by atoms with van der Waals surface area (Å²) >= 11 is 5.85. The highest BCUT2D eigenvalue weighted by molar-refractivity contribution is 6.30. The Bertz CT molecular complexity index is 580. The average molecular weight is 292 g/mol. The summed E-state index contributed by atoms with van der Waals surface area (Å²) in [6.07, 6.45) is 5.56. The molecule has 6 heteroatoms. The Morgan fingerprint density at radius 1 is 1.35 bits per heavy atom. The lowest BCUT2D eigenvalue weighted by Gasteiger charge is -2.14. The van der Waals surface area contributed by atoms with Gasteiger partial charge in [-0.05, 0) is 12.1 Å². The number of likely N-dealkylation sites (tertiary alicyclic amines) is 1. The van der Waals surface area contributed by atoms with E-state index in [4.69, 9.17) is 17.3 Å². The molecule has 0 aromatic carbocycles. The van der Waals surface area contributed by atoms with E-state index in [1.165, 1.54) is 0 Å². The Morgan fingerprint density at radius 2 is 2.20 bits per heavy atom. The molecule has 0 unspecified atom stereocenters. The van der Waals surface area contributed by atoms with Crippen LogP contribution in [0.15, 0.2) is 30.9 Å². The molecule has 2 aromatic rings. The van der Waals surface area contributed by atoms with Crippen LogP contribution in [-0.4, -0.2) is 38.6 Å². The third-order valence-corrected chi connectivity index (χ3v) is 3.94. The maximum Gasteiger partial charge on any atom is 0.0946 e. The Hall–Kier alpha value is -1.43. The van der Waals surface area contributed by atoms with Gasteiger partial charge in [0.05, 0.1) is 22.7 Å². The van der Waals surface area contributed by atoms with E-state index in [-0.39, 0.29) is 6.04 Å². The van der Waals surface area contributed by atoms with Gasteiger partial charge in [-0.25, -0.2) is 4.98 Å². The Kier molecular flexibility index (Phi) is 3.74. The number of nitrogens with two attached hydrogens (primary N) is 1. The van der Waals surface area contributed by atoms with Crippen molar-refractivity contribution in [2.75, 3.05) is 13.1 Å². The SMILES string of the molecule is Cn1cnc([C@@H]2CN(Cc3ccc(Cl)cn3)C[C@H]2N)c1. The molecule has 0 amide bonds. The summed E-state index contributed by atoms with van der Waals surface area (Å²) in [6.45, 7) is 2.59. The summed E-state index contributed by atoms with van der Waals surface area (Å²) in [5, 5.41) is 0.665. The molecular formula is C14H18ClN5. The minimum absolute atomic E-state index is 0.122. The number of hydrogen-bond donors (Lipinski definition) is 1. The van der Waals surface area contributed by atoms with Crippen LogP contribution in [0.3, 0.4) is 0 Å². The zero-order chi connectivity index (χ0) is 14.1. The molecule has 20 heavy (non-hydrogen) atoms. The minimum Gasteiger partial charge on any atom is -0.340 e. The molecule has 0 aliphatic carbocycles. The van der Waals surface area contributed by atoms with E-state index in [1.807, 2.05) is 30.1 Å². The predicted molar refractivity (Wildman–Crippen MR) is 78.4 cm³/mol. The number of halogens is 1. The maximum atomic E-state index is 6.26. The van der Waals surface area contributed by atoms with Crippen LogP contribution in [0.4, 0.5) is 0 Å². The normalized spacial score (nSPS) is 23.4. The van der Waals surface area contributed by atoms with E-state index in [0.29, 0.717) is 10.9 Å². The van der Waals surface area contributed by atoms with Crippen molar-refractivity contribution in [2.24, 2.45) is 12.8 Å². The van der Waals surface area contributed by atoms with Crippen molar-refractivity contribution in [1.29, 1.82) is 0 Å². The van der Waals surface area contributed by atoms with Crippen LogP contribution in [0, 0.1) is 0 Å². The van der Waals surface area contributed by atoms with Crippen LogP contribution in [-0.2, 0) is 13.6 Å². The Labute approximate surface area is 123 Å². The standard InChI is InChI=1S/C14H18ClN5/c1-19-8-14(18-9-19)12-6-20(7-13(12)16)5-11-3-2-10(15)4-17-11/h2-4,8-9,12-13H,5-7,16H2,1H3/t12-,13-/m1/s1. The second kappa shape index (κ2) is 5.52. The zero-order valence-electron chi connectivity index (χ0n) is 11.4. The van der Waals surface area contributed by atoms with E-state index < -0.39 is 0 Å². The van der Waals surface area contributed by atoms with Crippen LogP contribution in [0.2, 0.25) is 5.02 Å². The topological polar surface area (TPSA) is 60.0 Å². The molecule has 1 saturated heterocycles. The van der Waals surface area contributed by atoms with E-state index in [2.05, 4.69) is 21.1 Å². The van der Waals surface area contributed by atoms with Gasteiger partial charge in [0.2, 0.25) is 0 Å².